The van der Waals surface area contributed by atoms with Gasteiger partial charge in [-0.2, -0.15) is 0 Å². The number of halogens is 1. The molecule has 0 spiro atoms. The van der Waals surface area contributed by atoms with Crippen LogP contribution in [-0.2, 0) is 15.0 Å². The van der Waals surface area contributed by atoms with Gasteiger partial charge in [-0.15, -0.1) is 0 Å². The van der Waals surface area contributed by atoms with Gasteiger partial charge in [-0.25, -0.2) is 0 Å². The molecule has 1 unspecified atom stereocenters. The first-order valence-corrected chi connectivity index (χ1v) is 6.99. The van der Waals surface area contributed by atoms with E-state index >= 15 is 0 Å². The Kier molecular flexibility index (Phi) is 4.04. The van der Waals surface area contributed by atoms with Gasteiger partial charge in [-0.1, -0.05) is 30.7 Å². The van der Waals surface area contributed by atoms with E-state index < -0.39 is 17.3 Å². The molecule has 1 aromatic carbocycles. The van der Waals surface area contributed by atoms with E-state index in [1.165, 1.54) is 4.90 Å². The summed E-state index contributed by atoms with van der Waals surface area (Å²) in [5.74, 6) is -1.46. The number of benzene rings is 1. The maximum atomic E-state index is 12.6. The van der Waals surface area contributed by atoms with Crippen LogP contribution in [0.3, 0.4) is 0 Å². The minimum absolute atomic E-state index is 0.00655. The van der Waals surface area contributed by atoms with Crippen LogP contribution < -0.4 is 0 Å². The largest absolute Gasteiger partial charge is 0.481 e. The number of nitrogens with zero attached hydrogens (tertiary/aromatic N) is 1. The Labute approximate surface area is 123 Å². The molecule has 0 bridgehead atoms. The van der Waals surface area contributed by atoms with Crippen molar-refractivity contribution in [2.75, 3.05) is 13.6 Å². The Morgan fingerprint density at radius 2 is 1.90 bits per heavy atom. The zero-order valence-electron chi connectivity index (χ0n) is 11.6. The van der Waals surface area contributed by atoms with Crippen molar-refractivity contribution in [1.82, 2.24) is 4.90 Å². The van der Waals surface area contributed by atoms with E-state index in [-0.39, 0.29) is 12.5 Å². The molecule has 0 aliphatic heterocycles. The summed E-state index contributed by atoms with van der Waals surface area (Å²) >= 11 is 5.87. The second kappa shape index (κ2) is 5.44. The predicted molar refractivity (Wildman–Crippen MR) is 76.8 cm³/mol. The number of carboxylic acid groups (broad SMARTS) is 1. The molecule has 1 amide bonds. The van der Waals surface area contributed by atoms with Gasteiger partial charge in [-0.3, -0.25) is 9.59 Å². The lowest BCUT2D eigenvalue weighted by molar-refractivity contribution is -0.143. The molecule has 5 heteroatoms. The van der Waals surface area contributed by atoms with E-state index in [0.717, 1.165) is 18.4 Å². The third-order valence-corrected chi connectivity index (χ3v) is 4.12. The Bertz CT molecular complexity index is 522. The predicted octanol–water partition coefficient (Wildman–Crippen LogP) is 2.55. The molecule has 0 aromatic heterocycles. The Morgan fingerprint density at radius 1 is 1.35 bits per heavy atom. The number of carbonyl (C=O) groups excluding carboxylic acids is 1. The van der Waals surface area contributed by atoms with Crippen LogP contribution in [0.2, 0.25) is 5.02 Å². The normalized spacial score (nSPS) is 17.4. The summed E-state index contributed by atoms with van der Waals surface area (Å²) in [4.78, 5) is 25.0. The van der Waals surface area contributed by atoms with Crippen molar-refractivity contribution < 1.29 is 14.7 Å². The van der Waals surface area contributed by atoms with Crippen molar-refractivity contribution >= 4 is 23.5 Å². The highest BCUT2D eigenvalue weighted by Gasteiger charge is 2.52. The van der Waals surface area contributed by atoms with Crippen LogP contribution in [0.15, 0.2) is 24.3 Å². The number of aliphatic carboxylic acids is 1. The molecule has 0 saturated heterocycles. The monoisotopic (exact) mass is 295 g/mol. The summed E-state index contributed by atoms with van der Waals surface area (Å²) in [6.45, 7) is 1.83. The minimum atomic E-state index is -0.888. The molecule has 1 aliphatic rings. The van der Waals surface area contributed by atoms with Gasteiger partial charge in [0.15, 0.2) is 0 Å². The Morgan fingerprint density at radius 3 is 2.35 bits per heavy atom. The molecule has 4 nitrogen and oxygen atoms in total. The van der Waals surface area contributed by atoms with Gasteiger partial charge >= 0.3 is 5.97 Å². The van der Waals surface area contributed by atoms with Crippen LogP contribution in [-0.4, -0.2) is 35.5 Å². The number of likely N-dealkylation sites (N-methyl/N-ethyl adjacent to an activating group) is 1. The van der Waals surface area contributed by atoms with E-state index in [9.17, 15) is 9.59 Å². The lowest BCUT2D eigenvalue weighted by Gasteiger charge is -2.25. The number of hydrogen-bond donors (Lipinski definition) is 1. The van der Waals surface area contributed by atoms with Gasteiger partial charge in [0.2, 0.25) is 5.91 Å². The molecule has 0 heterocycles. The average molecular weight is 296 g/mol. The standard InChI is InChI=1S/C15H18ClNO3/c1-10(13(18)19)9-17(2)14(20)15(7-8-15)11-3-5-12(16)6-4-11/h3-6,10H,7-9H2,1-2H3,(H,18,19). The maximum Gasteiger partial charge on any atom is 0.308 e. The topological polar surface area (TPSA) is 57.6 Å². The molecule has 1 N–H and O–H groups in total. The summed E-state index contributed by atoms with van der Waals surface area (Å²) in [6, 6.07) is 7.32. The van der Waals surface area contributed by atoms with E-state index in [2.05, 4.69) is 0 Å². The lowest BCUT2D eigenvalue weighted by Crippen LogP contribution is -2.40. The SMILES string of the molecule is CC(CN(C)C(=O)C1(c2ccc(Cl)cc2)CC1)C(=O)O. The summed E-state index contributed by atoms with van der Waals surface area (Å²) < 4.78 is 0. The fourth-order valence-electron chi connectivity index (χ4n) is 2.46. The first kappa shape index (κ1) is 14.9. The summed E-state index contributed by atoms with van der Waals surface area (Å²) in [7, 11) is 1.66. The van der Waals surface area contributed by atoms with Crippen LogP contribution in [0.5, 0.6) is 0 Å². The quantitative estimate of drug-likeness (QED) is 0.908. The van der Waals surface area contributed by atoms with Crippen molar-refractivity contribution in [1.29, 1.82) is 0 Å². The molecule has 108 valence electrons. The van der Waals surface area contributed by atoms with Crippen LogP contribution in [0.4, 0.5) is 0 Å². The molecule has 1 saturated carbocycles. The smallest absolute Gasteiger partial charge is 0.308 e. The first-order valence-electron chi connectivity index (χ1n) is 6.61. The molecule has 0 radical (unpaired) electrons. The molecule has 20 heavy (non-hydrogen) atoms. The van der Waals surface area contributed by atoms with E-state index in [0.29, 0.717) is 5.02 Å². The molecular formula is C15H18ClNO3. The number of rotatable bonds is 5. The minimum Gasteiger partial charge on any atom is -0.481 e. The molecule has 1 fully saturated rings. The van der Waals surface area contributed by atoms with Crippen molar-refractivity contribution in [3.8, 4) is 0 Å². The van der Waals surface area contributed by atoms with Gasteiger partial charge in [-0.05, 0) is 30.5 Å². The maximum absolute atomic E-state index is 12.6. The summed E-state index contributed by atoms with van der Waals surface area (Å²) in [6.07, 6.45) is 1.61. The van der Waals surface area contributed by atoms with E-state index in [4.69, 9.17) is 16.7 Å². The zero-order chi connectivity index (χ0) is 14.9. The van der Waals surface area contributed by atoms with Gasteiger partial charge < -0.3 is 10.0 Å². The second-order valence-corrected chi connectivity index (χ2v) is 5.95. The van der Waals surface area contributed by atoms with E-state index in [1.807, 2.05) is 12.1 Å². The van der Waals surface area contributed by atoms with Crippen molar-refractivity contribution in [3.05, 3.63) is 34.9 Å². The number of carbonyl (C=O) groups is 2. The highest BCUT2D eigenvalue weighted by Crippen LogP contribution is 2.49. The highest BCUT2D eigenvalue weighted by atomic mass is 35.5. The molecule has 1 atom stereocenters. The lowest BCUT2D eigenvalue weighted by atomic mass is 9.94. The average Bonchev–Trinajstić information content (AvgIpc) is 3.20. The number of amides is 1. The van der Waals surface area contributed by atoms with Gasteiger partial charge in [0.25, 0.3) is 0 Å². The fourth-order valence-corrected chi connectivity index (χ4v) is 2.58. The molecular weight excluding hydrogens is 278 g/mol. The molecule has 2 rings (SSSR count). The fraction of sp³-hybridized carbons (Fsp3) is 0.467. The zero-order valence-corrected chi connectivity index (χ0v) is 12.4. The highest BCUT2D eigenvalue weighted by molar-refractivity contribution is 6.30. The summed E-state index contributed by atoms with van der Waals surface area (Å²) in [5.41, 5.74) is 0.485. The third-order valence-electron chi connectivity index (χ3n) is 3.87. The Hall–Kier alpha value is -1.55. The number of hydrogen-bond acceptors (Lipinski definition) is 2. The second-order valence-electron chi connectivity index (χ2n) is 5.51. The third kappa shape index (κ3) is 2.80. The first-order chi connectivity index (χ1) is 9.36. The molecule has 1 aromatic rings. The Balaban J connectivity index is 2.12. The van der Waals surface area contributed by atoms with Gasteiger partial charge in [0.1, 0.15) is 0 Å². The van der Waals surface area contributed by atoms with Crippen LogP contribution in [0.1, 0.15) is 25.3 Å². The van der Waals surface area contributed by atoms with E-state index in [1.54, 1.807) is 26.1 Å². The van der Waals surface area contributed by atoms with Gasteiger partial charge in [0.05, 0.1) is 11.3 Å². The van der Waals surface area contributed by atoms with Crippen LogP contribution >= 0.6 is 11.6 Å². The van der Waals surface area contributed by atoms with Gasteiger partial charge in [0, 0.05) is 18.6 Å². The van der Waals surface area contributed by atoms with Crippen molar-refractivity contribution in [2.45, 2.75) is 25.2 Å². The van der Waals surface area contributed by atoms with Crippen LogP contribution in [0.25, 0.3) is 0 Å². The van der Waals surface area contributed by atoms with Crippen molar-refractivity contribution in [3.63, 3.8) is 0 Å². The number of carboxylic acids is 1. The van der Waals surface area contributed by atoms with Crippen LogP contribution in [0, 0.1) is 5.92 Å². The van der Waals surface area contributed by atoms with Crippen molar-refractivity contribution in [2.24, 2.45) is 5.92 Å². The molecule has 1 aliphatic carbocycles. The summed E-state index contributed by atoms with van der Waals surface area (Å²) in [5, 5.41) is 9.57.